The van der Waals surface area contributed by atoms with Crippen LogP contribution >= 0.6 is 0 Å². The first-order chi connectivity index (χ1) is 10.8. The quantitative estimate of drug-likeness (QED) is 0.493. The van der Waals surface area contributed by atoms with Crippen LogP contribution in [0.5, 0.6) is 0 Å². The van der Waals surface area contributed by atoms with Crippen molar-refractivity contribution in [1.82, 2.24) is 0 Å². The Morgan fingerprint density at radius 3 is 2.57 bits per heavy atom. The number of ketones is 1. The van der Waals surface area contributed by atoms with Crippen LogP contribution in [-0.2, 0) is 21.4 Å². The van der Waals surface area contributed by atoms with E-state index in [4.69, 9.17) is 4.74 Å². The molecule has 0 saturated carbocycles. The Morgan fingerprint density at radius 1 is 1.26 bits per heavy atom. The van der Waals surface area contributed by atoms with Gasteiger partial charge in [0.2, 0.25) is 5.69 Å². The third-order valence-corrected chi connectivity index (χ3v) is 4.33. The molecule has 122 valence electrons. The van der Waals surface area contributed by atoms with Crippen LogP contribution in [0.25, 0.3) is 11.3 Å². The highest BCUT2D eigenvalue weighted by Gasteiger charge is 2.23. The average molecular weight is 336 g/mol. The minimum atomic E-state index is -4.38. The lowest BCUT2D eigenvalue weighted by Crippen LogP contribution is -2.38. The molecule has 0 aliphatic rings. The Balaban J connectivity index is 2.70. The van der Waals surface area contributed by atoms with Crippen LogP contribution in [0.1, 0.15) is 17.3 Å². The maximum Gasteiger partial charge on any atom is 0.295 e. The summed E-state index contributed by atoms with van der Waals surface area (Å²) in [6.45, 7) is 2.34. The first kappa shape index (κ1) is 17.3. The Labute approximate surface area is 135 Å². The topological polar surface area (TPSA) is 84.5 Å². The van der Waals surface area contributed by atoms with Gasteiger partial charge in [-0.2, -0.15) is 13.0 Å². The smallest absolute Gasteiger partial charge is 0.295 e. The number of nitrogens with zero attached hydrogens (tertiary/aromatic N) is 1. The van der Waals surface area contributed by atoms with Gasteiger partial charge in [0.1, 0.15) is 11.5 Å². The number of hydrogen-bond donors (Lipinski definition) is 1. The third kappa shape index (κ3) is 4.01. The molecule has 0 saturated heterocycles. The van der Waals surface area contributed by atoms with Crippen LogP contribution in [0.3, 0.4) is 0 Å². The minimum Gasteiger partial charge on any atom is -0.378 e. The Bertz CT molecular complexity index is 830. The first-order valence-corrected chi connectivity index (χ1v) is 8.39. The molecular formula is C16H18NO5S+. The van der Waals surface area contributed by atoms with Crippen LogP contribution in [-0.4, -0.2) is 32.5 Å². The molecule has 0 amide bonds. The molecule has 0 atom stereocenters. The fraction of sp³-hybridized carbons (Fsp3) is 0.250. The number of carbonyl (C=O) groups is 1. The zero-order valence-electron chi connectivity index (χ0n) is 12.9. The molecule has 0 fully saturated rings. The van der Waals surface area contributed by atoms with Gasteiger partial charge in [0.05, 0.1) is 5.56 Å². The van der Waals surface area contributed by atoms with E-state index >= 15 is 0 Å². The molecule has 23 heavy (non-hydrogen) atoms. The number of rotatable bonds is 6. The van der Waals surface area contributed by atoms with Crippen molar-refractivity contribution in [3.63, 3.8) is 0 Å². The molecule has 0 unspecified atom stereocenters. The van der Waals surface area contributed by atoms with E-state index in [0.717, 1.165) is 0 Å². The highest BCUT2D eigenvalue weighted by Crippen LogP contribution is 2.25. The van der Waals surface area contributed by atoms with E-state index < -0.39 is 10.1 Å². The van der Waals surface area contributed by atoms with Gasteiger partial charge in [-0.05, 0) is 19.1 Å². The normalized spacial score (nSPS) is 11.4. The highest BCUT2D eigenvalue weighted by molar-refractivity contribution is 7.86. The summed E-state index contributed by atoms with van der Waals surface area (Å²) in [4.78, 5) is 11.4. The summed E-state index contributed by atoms with van der Waals surface area (Å²) in [5, 5.41) is 0. The van der Waals surface area contributed by atoms with Crippen molar-refractivity contribution >= 4 is 15.9 Å². The van der Waals surface area contributed by atoms with Crippen molar-refractivity contribution in [3.05, 3.63) is 48.2 Å². The van der Waals surface area contributed by atoms with Crippen LogP contribution < -0.4 is 4.57 Å². The number of ether oxygens (including phenoxy) is 1. The number of Topliss-reactive ketones (excluding diaryl/α,β-unsaturated/α-hetero) is 1. The zero-order valence-corrected chi connectivity index (χ0v) is 13.7. The lowest BCUT2D eigenvalue weighted by atomic mass is 10.1. The van der Waals surface area contributed by atoms with Gasteiger partial charge in [0.25, 0.3) is 10.1 Å². The minimum absolute atomic E-state index is 0.130. The van der Waals surface area contributed by atoms with Crippen molar-refractivity contribution in [2.24, 2.45) is 0 Å². The van der Waals surface area contributed by atoms with E-state index in [1.54, 1.807) is 42.1 Å². The molecule has 6 nitrogen and oxygen atoms in total. The summed E-state index contributed by atoms with van der Waals surface area (Å²) in [5.41, 5.74) is 1.30. The summed E-state index contributed by atoms with van der Waals surface area (Å²) >= 11 is 0. The zero-order chi connectivity index (χ0) is 17.0. The molecule has 0 aliphatic heterocycles. The van der Waals surface area contributed by atoms with Crippen LogP contribution in [0, 0.1) is 0 Å². The second-order valence-corrected chi connectivity index (χ2v) is 6.40. The molecule has 0 radical (unpaired) electrons. The maximum atomic E-state index is 11.6. The van der Waals surface area contributed by atoms with E-state index in [0.29, 0.717) is 30.0 Å². The van der Waals surface area contributed by atoms with Gasteiger partial charge >= 0.3 is 0 Å². The lowest BCUT2D eigenvalue weighted by Gasteiger charge is -2.08. The van der Waals surface area contributed by atoms with Crippen LogP contribution in [0.2, 0.25) is 0 Å². The standard InChI is InChI=1S/C16H17NO5S/c1-12(18)13-7-8-17(9-10-22-2)15(11-13)14-5-3-4-6-16(14)23(19,20)21/h3-8,11H,9-10H2,1-2H3/p+1. The van der Waals surface area contributed by atoms with Gasteiger partial charge < -0.3 is 4.74 Å². The monoisotopic (exact) mass is 336 g/mol. The second kappa shape index (κ2) is 6.99. The number of aromatic nitrogens is 1. The summed E-state index contributed by atoms with van der Waals surface area (Å²) in [5.74, 6) is -0.130. The van der Waals surface area contributed by atoms with E-state index in [1.807, 2.05) is 0 Å². The summed E-state index contributed by atoms with van der Waals surface area (Å²) in [6, 6.07) is 9.39. The average Bonchev–Trinajstić information content (AvgIpc) is 2.52. The molecule has 2 rings (SSSR count). The van der Waals surface area contributed by atoms with Gasteiger partial charge in [-0.25, -0.2) is 0 Å². The number of carbonyl (C=O) groups excluding carboxylic acids is 1. The Hall–Kier alpha value is -2.09. The van der Waals surface area contributed by atoms with Crippen LogP contribution in [0.4, 0.5) is 0 Å². The molecule has 1 aromatic carbocycles. The predicted molar refractivity (Wildman–Crippen MR) is 83.8 cm³/mol. The molecular weight excluding hydrogens is 318 g/mol. The largest absolute Gasteiger partial charge is 0.378 e. The number of hydrogen-bond acceptors (Lipinski definition) is 4. The molecule has 1 aromatic heterocycles. The molecule has 1 heterocycles. The molecule has 0 bridgehead atoms. The van der Waals surface area contributed by atoms with Gasteiger partial charge in [-0.3, -0.25) is 9.35 Å². The van der Waals surface area contributed by atoms with E-state index in [9.17, 15) is 17.8 Å². The highest BCUT2D eigenvalue weighted by atomic mass is 32.2. The fourth-order valence-corrected chi connectivity index (χ4v) is 2.97. The third-order valence-electron chi connectivity index (χ3n) is 3.42. The lowest BCUT2D eigenvalue weighted by molar-refractivity contribution is -0.687. The van der Waals surface area contributed by atoms with Crippen molar-refractivity contribution < 1.29 is 27.1 Å². The Kier molecular flexibility index (Phi) is 5.25. The number of benzene rings is 1. The van der Waals surface area contributed by atoms with Gasteiger partial charge in [0, 0.05) is 24.8 Å². The summed E-state index contributed by atoms with van der Waals surface area (Å²) in [6.07, 6.45) is 1.70. The SMILES string of the molecule is COCC[n+]1ccc(C(C)=O)cc1-c1ccccc1S(=O)(=O)O. The molecule has 1 N–H and O–H groups in total. The van der Waals surface area contributed by atoms with E-state index in [-0.39, 0.29) is 10.7 Å². The van der Waals surface area contributed by atoms with Crippen molar-refractivity contribution in [2.45, 2.75) is 18.4 Å². The predicted octanol–water partition coefficient (Wildman–Crippen LogP) is 1.74. The second-order valence-electron chi connectivity index (χ2n) is 5.01. The number of pyridine rings is 1. The maximum absolute atomic E-state index is 11.6. The van der Waals surface area contributed by atoms with Crippen molar-refractivity contribution in [2.75, 3.05) is 13.7 Å². The van der Waals surface area contributed by atoms with Gasteiger partial charge in [-0.15, -0.1) is 0 Å². The first-order valence-electron chi connectivity index (χ1n) is 6.95. The molecule has 0 spiro atoms. The summed E-state index contributed by atoms with van der Waals surface area (Å²) < 4.78 is 39.5. The van der Waals surface area contributed by atoms with E-state index in [2.05, 4.69) is 0 Å². The number of methoxy groups -OCH3 is 1. The molecule has 2 aromatic rings. The van der Waals surface area contributed by atoms with Gasteiger partial charge in [-0.1, -0.05) is 12.1 Å². The molecule has 7 heteroatoms. The van der Waals surface area contributed by atoms with E-state index in [1.165, 1.54) is 19.1 Å². The van der Waals surface area contributed by atoms with Crippen molar-refractivity contribution in [3.8, 4) is 11.3 Å². The van der Waals surface area contributed by atoms with Crippen LogP contribution in [0.15, 0.2) is 47.5 Å². The fourth-order valence-electron chi connectivity index (χ4n) is 2.27. The molecule has 0 aliphatic carbocycles. The summed E-state index contributed by atoms with van der Waals surface area (Å²) in [7, 11) is -2.82. The Morgan fingerprint density at radius 2 is 1.96 bits per heavy atom. The van der Waals surface area contributed by atoms with Gasteiger partial charge in [0.15, 0.2) is 18.5 Å². The van der Waals surface area contributed by atoms with Crippen molar-refractivity contribution in [1.29, 1.82) is 0 Å².